The first-order chi connectivity index (χ1) is 19.0. The van der Waals surface area contributed by atoms with Crippen molar-refractivity contribution in [1.82, 2.24) is 29.7 Å². The molecule has 2 aliphatic heterocycles. The van der Waals surface area contributed by atoms with E-state index in [1.54, 1.807) is 11.3 Å². The average Bonchev–Trinajstić information content (AvgIpc) is 3.60. The van der Waals surface area contributed by atoms with E-state index < -0.39 is 0 Å². The van der Waals surface area contributed by atoms with E-state index in [2.05, 4.69) is 57.5 Å². The zero-order chi connectivity index (χ0) is 26.9. The number of urea groups is 1. The van der Waals surface area contributed by atoms with Gasteiger partial charge in [0.1, 0.15) is 5.65 Å². The summed E-state index contributed by atoms with van der Waals surface area (Å²) < 4.78 is 0. The molecule has 2 aliphatic rings. The lowest BCUT2D eigenvalue weighted by atomic mass is 10.1. The summed E-state index contributed by atoms with van der Waals surface area (Å²) in [6.45, 7) is 11.1. The second-order valence-electron chi connectivity index (χ2n) is 10.3. The van der Waals surface area contributed by atoms with E-state index in [1.807, 2.05) is 35.9 Å². The van der Waals surface area contributed by atoms with E-state index in [9.17, 15) is 4.79 Å². The summed E-state index contributed by atoms with van der Waals surface area (Å²) in [5.74, 6) is 0.570. The van der Waals surface area contributed by atoms with E-state index in [1.165, 1.54) is 16.1 Å². The van der Waals surface area contributed by atoms with Crippen LogP contribution < -0.4 is 10.2 Å². The molecular weight excluding hydrogens is 508 g/mol. The van der Waals surface area contributed by atoms with Crippen molar-refractivity contribution < 1.29 is 4.79 Å². The number of nitrogens with one attached hydrogen (secondary N) is 2. The highest BCUT2D eigenvalue weighted by atomic mass is 32.1. The number of carbonyl (C=O) groups is 1. The number of aromatic nitrogens is 3. The van der Waals surface area contributed by atoms with Crippen LogP contribution in [0.3, 0.4) is 0 Å². The van der Waals surface area contributed by atoms with Crippen LogP contribution in [0, 0.1) is 0 Å². The molecule has 4 aromatic rings. The van der Waals surface area contributed by atoms with Gasteiger partial charge < -0.3 is 29.9 Å². The quantitative estimate of drug-likeness (QED) is 0.355. The Labute approximate surface area is 233 Å². The number of benzene rings is 1. The summed E-state index contributed by atoms with van der Waals surface area (Å²) in [7, 11) is 2.17. The van der Waals surface area contributed by atoms with E-state index in [-0.39, 0.29) is 6.03 Å². The van der Waals surface area contributed by atoms with E-state index in [0.29, 0.717) is 12.5 Å². The molecule has 39 heavy (non-hydrogen) atoms. The minimum atomic E-state index is 0.124. The van der Waals surface area contributed by atoms with Crippen LogP contribution in [0.1, 0.15) is 24.3 Å². The Morgan fingerprint density at radius 1 is 1.08 bits per heavy atom. The summed E-state index contributed by atoms with van der Waals surface area (Å²) >= 11 is 1.78. The topological polar surface area (TPSA) is 83.6 Å². The number of aromatic amines is 1. The first kappa shape index (κ1) is 25.6. The van der Waals surface area contributed by atoms with Crippen LogP contribution in [0.2, 0.25) is 0 Å². The number of amides is 2. The highest BCUT2D eigenvalue weighted by molar-refractivity contribution is 7.15. The molecule has 2 amide bonds. The Balaban J connectivity index is 1.26. The predicted molar refractivity (Wildman–Crippen MR) is 159 cm³/mol. The van der Waals surface area contributed by atoms with Crippen molar-refractivity contribution in [2.45, 2.75) is 26.8 Å². The van der Waals surface area contributed by atoms with Crippen molar-refractivity contribution >= 4 is 45.7 Å². The molecule has 0 radical (unpaired) electrons. The van der Waals surface area contributed by atoms with Gasteiger partial charge in [-0.15, -0.1) is 11.3 Å². The van der Waals surface area contributed by atoms with Gasteiger partial charge in [0.05, 0.1) is 10.6 Å². The maximum absolute atomic E-state index is 13.0. The highest BCUT2D eigenvalue weighted by Crippen LogP contribution is 2.37. The molecule has 0 aliphatic carbocycles. The van der Waals surface area contributed by atoms with Gasteiger partial charge in [0.25, 0.3) is 0 Å². The maximum atomic E-state index is 13.0. The van der Waals surface area contributed by atoms with Crippen molar-refractivity contribution in [3.05, 3.63) is 53.0 Å². The second-order valence-corrected chi connectivity index (χ2v) is 11.4. The van der Waals surface area contributed by atoms with Crippen molar-refractivity contribution in [2.24, 2.45) is 0 Å². The fourth-order valence-corrected chi connectivity index (χ4v) is 6.63. The SMILES string of the molecule is CCN(CC)C(=O)N1CCc2sc(-c3nc(Nc4cccc(N5CCN(C)CC5)c4)nc4[nH]ccc34)cc2C1. The molecule has 1 fully saturated rings. The number of fused-ring (bicyclic) bond motifs is 2. The number of thiophene rings is 1. The second kappa shape index (κ2) is 10.9. The Morgan fingerprint density at radius 2 is 1.90 bits per heavy atom. The van der Waals surface area contributed by atoms with E-state index in [0.717, 1.165) is 79.5 Å². The Morgan fingerprint density at radius 3 is 2.69 bits per heavy atom. The van der Waals surface area contributed by atoms with Gasteiger partial charge in [-0.25, -0.2) is 9.78 Å². The fourth-order valence-electron chi connectivity index (χ4n) is 5.47. The third kappa shape index (κ3) is 5.18. The molecule has 0 saturated carbocycles. The third-order valence-electron chi connectivity index (χ3n) is 7.79. The Kier molecular flexibility index (Phi) is 7.14. The van der Waals surface area contributed by atoms with Gasteiger partial charge in [-0.05, 0) is 63.2 Å². The van der Waals surface area contributed by atoms with Gasteiger partial charge in [-0.2, -0.15) is 4.98 Å². The van der Waals surface area contributed by atoms with Gasteiger partial charge in [0.2, 0.25) is 5.95 Å². The lowest BCUT2D eigenvalue weighted by Gasteiger charge is -2.34. The van der Waals surface area contributed by atoms with Crippen molar-refractivity contribution in [2.75, 3.05) is 63.1 Å². The van der Waals surface area contributed by atoms with E-state index >= 15 is 0 Å². The molecule has 3 aromatic heterocycles. The van der Waals surface area contributed by atoms with E-state index in [4.69, 9.17) is 9.97 Å². The number of carbonyl (C=O) groups excluding carboxylic acids is 1. The Bertz CT molecular complexity index is 1470. The van der Waals surface area contributed by atoms with Crippen LogP contribution in [-0.4, -0.2) is 88.5 Å². The average molecular weight is 545 g/mol. The summed E-state index contributed by atoms with van der Waals surface area (Å²) in [4.78, 5) is 37.1. The lowest BCUT2D eigenvalue weighted by Crippen LogP contribution is -2.44. The molecule has 1 aromatic carbocycles. The molecule has 6 rings (SSSR count). The molecule has 204 valence electrons. The van der Waals surface area contributed by atoms with Crippen LogP contribution in [0.25, 0.3) is 21.6 Å². The molecule has 2 N–H and O–H groups in total. The van der Waals surface area contributed by atoms with Crippen LogP contribution in [-0.2, 0) is 13.0 Å². The molecular formula is C29H36N8OS. The molecule has 1 saturated heterocycles. The first-order valence-electron chi connectivity index (χ1n) is 13.8. The molecule has 10 heteroatoms. The number of likely N-dealkylation sites (N-methyl/N-ethyl adjacent to an activating group) is 1. The Hall–Kier alpha value is -3.63. The van der Waals surface area contributed by atoms with Gasteiger partial charge in [-0.3, -0.25) is 0 Å². The largest absolute Gasteiger partial charge is 0.369 e. The molecule has 0 unspecified atom stereocenters. The van der Waals surface area contributed by atoms with Gasteiger partial charge in [-0.1, -0.05) is 6.07 Å². The van der Waals surface area contributed by atoms with Crippen LogP contribution in [0.15, 0.2) is 42.6 Å². The molecule has 0 atom stereocenters. The zero-order valence-corrected chi connectivity index (χ0v) is 23.7. The van der Waals surface area contributed by atoms with Gasteiger partial charge in [0, 0.05) is 80.2 Å². The first-order valence-corrected chi connectivity index (χ1v) is 14.7. The smallest absolute Gasteiger partial charge is 0.320 e. The van der Waals surface area contributed by atoms with Crippen molar-refractivity contribution in [3.8, 4) is 10.6 Å². The molecule has 0 spiro atoms. The lowest BCUT2D eigenvalue weighted by molar-refractivity contribution is 0.152. The third-order valence-corrected chi connectivity index (χ3v) is 9.03. The normalized spacial score (nSPS) is 16.0. The molecule has 9 nitrogen and oxygen atoms in total. The standard InChI is InChI=1S/C29H36N8OS/c1-4-35(5-2)29(38)37-12-10-24-20(19-37)17-25(39-24)26-23-9-11-30-27(23)33-28(32-26)31-21-7-6-8-22(18-21)36-15-13-34(3)14-16-36/h6-9,11,17-18H,4-5,10,12-16,19H2,1-3H3,(H2,30,31,32,33). The summed E-state index contributed by atoms with van der Waals surface area (Å²) in [6, 6.07) is 12.9. The summed E-state index contributed by atoms with van der Waals surface area (Å²) in [5, 5.41) is 4.46. The number of H-pyrrole nitrogens is 1. The number of anilines is 3. The summed E-state index contributed by atoms with van der Waals surface area (Å²) in [5.41, 5.74) is 5.13. The summed E-state index contributed by atoms with van der Waals surface area (Å²) in [6.07, 6.45) is 2.79. The highest BCUT2D eigenvalue weighted by Gasteiger charge is 2.26. The van der Waals surface area contributed by atoms with Crippen LogP contribution in [0.5, 0.6) is 0 Å². The fraction of sp³-hybridized carbons (Fsp3) is 0.414. The number of piperazine rings is 1. The predicted octanol–water partition coefficient (Wildman–Crippen LogP) is 5.00. The monoisotopic (exact) mass is 544 g/mol. The van der Waals surface area contributed by atoms with Crippen LogP contribution in [0.4, 0.5) is 22.1 Å². The maximum Gasteiger partial charge on any atom is 0.320 e. The number of rotatable bonds is 6. The minimum Gasteiger partial charge on any atom is -0.369 e. The van der Waals surface area contributed by atoms with Gasteiger partial charge >= 0.3 is 6.03 Å². The molecule has 5 heterocycles. The van der Waals surface area contributed by atoms with Crippen molar-refractivity contribution in [3.63, 3.8) is 0 Å². The van der Waals surface area contributed by atoms with Crippen molar-refractivity contribution in [1.29, 1.82) is 0 Å². The van der Waals surface area contributed by atoms with Gasteiger partial charge in [0.15, 0.2) is 0 Å². The molecule has 0 bridgehead atoms. The minimum absolute atomic E-state index is 0.124. The van der Waals surface area contributed by atoms with Crippen LogP contribution >= 0.6 is 11.3 Å². The number of hydrogen-bond acceptors (Lipinski definition) is 7. The number of hydrogen-bond donors (Lipinski definition) is 2. The number of nitrogens with zero attached hydrogens (tertiary/aromatic N) is 6. The zero-order valence-electron chi connectivity index (χ0n) is 22.9.